The third-order valence-electron chi connectivity index (χ3n) is 4.20. The Morgan fingerprint density at radius 1 is 1.22 bits per heavy atom. The van der Waals surface area contributed by atoms with Gasteiger partial charge in [0.1, 0.15) is 0 Å². The van der Waals surface area contributed by atoms with E-state index in [9.17, 15) is 9.90 Å². The average molecular weight is 267 g/mol. The summed E-state index contributed by atoms with van der Waals surface area (Å²) in [6.45, 7) is 3.92. The first-order chi connectivity index (χ1) is 8.49. The van der Waals surface area contributed by atoms with Gasteiger partial charge in [-0.15, -0.1) is 0 Å². The van der Waals surface area contributed by atoms with Crippen LogP contribution in [0, 0.1) is 13.8 Å². The second-order valence-electron chi connectivity index (χ2n) is 5.31. The number of carbonyl (C=O) groups is 1. The Morgan fingerprint density at radius 2 is 1.83 bits per heavy atom. The van der Waals surface area contributed by atoms with Crippen molar-refractivity contribution in [3.05, 3.63) is 33.8 Å². The lowest BCUT2D eigenvalue weighted by atomic mass is 9.67. The van der Waals surface area contributed by atoms with Crippen molar-refractivity contribution in [3.63, 3.8) is 0 Å². The maximum Gasteiger partial charge on any atom is 0.314 e. The van der Waals surface area contributed by atoms with Gasteiger partial charge in [0, 0.05) is 5.02 Å². The molecule has 1 aromatic rings. The van der Waals surface area contributed by atoms with Crippen LogP contribution in [0.5, 0.6) is 0 Å². The lowest BCUT2D eigenvalue weighted by Gasteiger charge is -2.36. The van der Waals surface area contributed by atoms with Gasteiger partial charge in [0.2, 0.25) is 0 Å². The fourth-order valence-electron chi connectivity index (χ4n) is 3.28. The standard InChI is InChI=1S/C15H19ClO2/c1-10-6-7-12(16)11(2)13(10)15(14(17)18)8-4-3-5-9-15/h6-7H,3-5,8-9H2,1-2H3,(H,17,18). The van der Waals surface area contributed by atoms with Gasteiger partial charge in [-0.3, -0.25) is 4.79 Å². The highest BCUT2D eigenvalue weighted by atomic mass is 35.5. The minimum atomic E-state index is -0.725. The van der Waals surface area contributed by atoms with E-state index in [2.05, 4.69) is 0 Å². The molecule has 0 aromatic heterocycles. The minimum Gasteiger partial charge on any atom is -0.481 e. The molecule has 0 spiro atoms. The fraction of sp³-hybridized carbons (Fsp3) is 0.533. The molecule has 0 amide bonds. The second-order valence-corrected chi connectivity index (χ2v) is 5.72. The fourth-order valence-corrected chi connectivity index (χ4v) is 3.44. The second kappa shape index (κ2) is 4.93. The van der Waals surface area contributed by atoms with Crippen LogP contribution in [0.25, 0.3) is 0 Å². The predicted octanol–water partition coefficient (Wildman–Crippen LogP) is 4.24. The number of aryl methyl sites for hydroxylation is 1. The molecule has 0 radical (unpaired) electrons. The number of aliphatic carboxylic acids is 1. The Morgan fingerprint density at radius 3 is 2.39 bits per heavy atom. The van der Waals surface area contributed by atoms with E-state index in [1.54, 1.807) is 0 Å². The first kappa shape index (κ1) is 13.4. The number of carboxylic acids is 1. The largest absolute Gasteiger partial charge is 0.481 e. The Balaban J connectivity index is 2.63. The van der Waals surface area contributed by atoms with Gasteiger partial charge in [-0.25, -0.2) is 0 Å². The van der Waals surface area contributed by atoms with E-state index in [0.717, 1.165) is 48.8 Å². The number of rotatable bonds is 2. The quantitative estimate of drug-likeness (QED) is 0.869. The smallest absolute Gasteiger partial charge is 0.314 e. The molecule has 1 aliphatic rings. The maximum atomic E-state index is 11.8. The molecule has 98 valence electrons. The van der Waals surface area contributed by atoms with Gasteiger partial charge in [0.25, 0.3) is 0 Å². The Bertz CT molecular complexity index is 474. The molecule has 1 aliphatic carbocycles. The zero-order chi connectivity index (χ0) is 13.3. The molecule has 2 nitrogen and oxygen atoms in total. The first-order valence-corrected chi connectivity index (χ1v) is 6.86. The van der Waals surface area contributed by atoms with E-state index >= 15 is 0 Å². The number of hydrogen-bond acceptors (Lipinski definition) is 1. The van der Waals surface area contributed by atoms with E-state index in [4.69, 9.17) is 11.6 Å². The van der Waals surface area contributed by atoms with E-state index in [1.807, 2.05) is 26.0 Å². The average Bonchev–Trinajstić information content (AvgIpc) is 2.35. The summed E-state index contributed by atoms with van der Waals surface area (Å²) in [6.07, 6.45) is 4.55. The SMILES string of the molecule is Cc1ccc(Cl)c(C)c1C1(C(=O)O)CCCCC1. The van der Waals surface area contributed by atoms with Crippen LogP contribution in [0.1, 0.15) is 48.8 Å². The van der Waals surface area contributed by atoms with Crippen LogP contribution in [0.2, 0.25) is 5.02 Å². The molecule has 0 bridgehead atoms. The molecular weight excluding hydrogens is 248 g/mol. The van der Waals surface area contributed by atoms with Crippen LogP contribution in [0.4, 0.5) is 0 Å². The zero-order valence-corrected chi connectivity index (χ0v) is 11.7. The normalized spacial score (nSPS) is 18.6. The molecule has 18 heavy (non-hydrogen) atoms. The van der Waals surface area contributed by atoms with Crippen molar-refractivity contribution in [3.8, 4) is 0 Å². The summed E-state index contributed by atoms with van der Waals surface area (Å²) in [5, 5.41) is 10.4. The number of carboxylic acid groups (broad SMARTS) is 1. The van der Waals surface area contributed by atoms with Crippen molar-refractivity contribution in [1.29, 1.82) is 0 Å². The summed E-state index contributed by atoms with van der Waals surface area (Å²) < 4.78 is 0. The van der Waals surface area contributed by atoms with Crippen molar-refractivity contribution in [2.45, 2.75) is 51.4 Å². The molecule has 1 fully saturated rings. The summed E-state index contributed by atoms with van der Waals surface area (Å²) in [5.41, 5.74) is 2.20. The van der Waals surface area contributed by atoms with Gasteiger partial charge < -0.3 is 5.11 Å². The minimum absolute atomic E-state index is 0.668. The molecule has 1 aromatic carbocycles. The third kappa shape index (κ3) is 2.03. The molecule has 0 aliphatic heterocycles. The van der Waals surface area contributed by atoms with Crippen LogP contribution in [-0.4, -0.2) is 11.1 Å². The summed E-state index contributed by atoms with van der Waals surface area (Å²) in [7, 11) is 0. The number of benzene rings is 1. The summed E-state index contributed by atoms with van der Waals surface area (Å²) >= 11 is 6.18. The third-order valence-corrected chi connectivity index (χ3v) is 4.61. The molecule has 0 saturated heterocycles. The Labute approximate surface area is 113 Å². The van der Waals surface area contributed by atoms with E-state index in [1.165, 1.54) is 0 Å². The van der Waals surface area contributed by atoms with Gasteiger partial charge in [0.15, 0.2) is 0 Å². The highest BCUT2D eigenvalue weighted by Crippen LogP contribution is 2.43. The maximum absolute atomic E-state index is 11.8. The summed E-state index contributed by atoms with van der Waals surface area (Å²) in [4.78, 5) is 11.8. The highest BCUT2D eigenvalue weighted by molar-refractivity contribution is 6.31. The topological polar surface area (TPSA) is 37.3 Å². The van der Waals surface area contributed by atoms with E-state index < -0.39 is 11.4 Å². The van der Waals surface area contributed by atoms with Crippen LogP contribution < -0.4 is 0 Å². The van der Waals surface area contributed by atoms with Crippen molar-refractivity contribution in [1.82, 2.24) is 0 Å². The lowest BCUT2D eigenvalue weighted by molar-refractivity contribution is -0.145. The van der Waals surface area contributed by atoms with Crippen molar-refractivity contribution >= 4 is 17.6 Å². The van der Waals surface area contributed by atoms with Gasteiger partial charge in [-0.2, -0.15) is 0 Å². The highest BCUT2D eigenvalue weighted by Gasteiger charge is 2.43. The molecule has 1 saturated carbocycles. The molecule has 1 N–H and O–H groups in total. The predicted molar refractivity (Wildman–Crippen MR) is 73.3 cm³/mol. The lowest BCUT2D eigenvalue weighted by Crippen LogP contribution is -2.39. The Kier molecular flexibility index (Phi) is 3.67. The van der Waals surface area contributed by atoms with Crippen LogP contribution in [0.15, 0.2) is 12.1 Å². The van der Waals surface area contributed by atoms with Crippen LogP contribution >= 0.6 is 11.6 Å². The van der Waals surface area contributed by atoms with Crippen molar-refractivity contribution in [2.24, 2.45) is 0 Å². The molecule has 2 rings (SSSR count). The van der Waals surface area contributed by atoms with Crippen molar-refractivity contribution in [2.75, 3.05) is 0 Å². The molecule has 0 unspecified atom stereocenters. The monoisotopic (exact) mass is 266 g/mol. The first-order valence-electron chi connectivity index (χ1n) is 6.48. The summed E-state index contributed by atoms with van der Waals surface area (Å²) in [5.74, 6) is -0.698. The number of halogens is 1. The summed E-state index contributed by atoms with van der Waals surface area (Å²) in [6, 6.07) is 3.79. The molecule has 0 heterocycles. The van der Waals surface area contributed by atoms with Gasteiger partial charge in [-0.1, -0.05) is 36.9 Å². The molecular formula is C15H19ClO2. The van der Waals surface area contributed by atoms with E-state index in [0.29, 0.717) is 5.02 Å². The van der Waals surface area contributed by atoms with Gasteiger partial charge >= 0.3 is 5.97 Å². The van der Waals surface area contributed by atoms with Crippen molar-refractivity contribution < 1.29 is 9.90 Å². The Hall–Kier alpha value is -1.02. The van der Waals surface area contributed by atoms with Gasteiger partial charge in [0.05, 0.1) is 5.41 Å². The molecule has 3 heteroatoms. The van der Waals surface area contributed by atoms with Gasteiger partial charge in [-0.05, 0) is 49.4 Å². The van der Waals surface area contributed by atoms with Crippen LogP contribution in [-0.2, 0) is 10.2 Å². The number of hydrogen-bond donors (Lipinski definition) is 1. The zero-order valence-electron chi connectivity index (χ0n) is 10.9. The van der Waals surface area contributed by atoms with Crippen LogP contribution in [0.3, 0.4) is 0 Å². The molecule has 0 atom stereocenters. The van der Waals surface area contributed by atoms with E-state index in [-0.39, 0.29) is 0 Å².